The second kappa shape index (κ2) is 9.21. The third-order valence-electron chi connectivity index (χ3n) is 4.90. The van der Waals surface area contributed by atoms with Crippen LogP contribution in [-0.4, -0.2) is 42.9 Å². The number of nitrogens with zero attached hydrogens (tertiary/aromatic N) is 2. The highest BCUT2D eigenvalue weighted by molar-refractivity contribution is 6.04. The van der Waals surface area contributed by atoms with Crippen molar-refractivity contribution >= 4 is 23.2 Å². The number of carbonyl (C=O) groups is 2. The molecule has 5 heteroatoms. The molecule has 1 aliphatic rings. The number of hydrogen-bond donors (Lipinski definition) is 1. The Morgan fingerprint density at radius 3 is 2.22 bits per heavy atom. The van der Waals surface area contributed by atoms with Gasteiger partial charge >= 0.3 is 0 Å². The molecule has 1 aliphatic heterocycles. The van der Waals surface area contributed by atoms with Gasteiger partial charge in [-0.05, 0) is 42.8 Å². The predicted octanol–water partition coefficient (Wildman–Crippen LogP) is 3.78. The molecule has 1 N–H and O–H groups in total. The third-order valence-corrected chi connectivity index (χ3v) is 4.90. The fourth-order valence-electron chi connectivity index (χ4n) is 3.25. The van der Waals surface area contributed by atoms with Gasteiger partial charge < -0.3 is 15.1 Å². The van der Waals surface area contributed by atoms with E-state index in [2.05, 4.69) is 17.1 Å². The van der Waals surface area contributed by atoms with Gasteiger partial charge in [-0.25, -0.2) is 0 Å². The summed E-state index contributed by atoms with van der Waals surface area (Å²) in [5.41, 5.74) is 2.54. The summed E-state index contributed by atoms with van der Waals surface area (Å²) < 4.78 is 0. The van der Waals surface area contributed by atoms with Crippen molar-refractivity contribution in [1.82, 2.24) is 4.90 Å². The molecular weight excluding hydrogens is 338 g/mol. The zero-order valence-corrected chi connectivity index (χ0v) is 15.9. The van der Waals surface area contributed by atoms with Gasteiger partial charge in [-0.2, -0.15) is 0 Å². The van der Waals surface area contributed by atoms with E-state index in [9.17, 15) is 9.59 Å². The molecule has 0 spiro atoms. The summed E-state index contributed by atoms with van der Waals surface area (Å²) in [7, 11) is 0. The lowest BCUT2D eigenvalue weighted by molar-refractivity contribution is -0.131. The van der Waals surface area contributed by atoms with Crippen LogP contribution >= 0.6 is 0 Å². The fourth-order valence-corrected chi connectivity index (χ4v) is 3.25. The first-order chi connectivity index (χ1) is 13.2. The van der Waals surface area contributed by atoms with Crippen molar-refractivity contribution in [3.63, 3.8) is 0 Å². The number of benzene rings is 2. The van der Waals surface area contributed by atoms with E-state index in [1.54, 1.807) is 12.1 Å². The Bertz CT molecular complexity index is 751. The average molecular weight is 365 g/mol. The lowest BCUT2D eigenvalue weighted by Gasteiger charge is -2.36. The normalized spacial score (nSPS) is 14.1. The Kier molecular flexibility index (Phi) is 6.47. The Balaban J connectivity index is 1.52. The van der Waals surface area contributed by atoms with Crippen LogP contribution < -0.4 is 10.2 Å². The molecule has 142 valence electrons. The average Bonchev–Trinajstić information content (AvgIpc) is 2.73. The largest absolute Gasteiger partial charge is 0.368 e. The van der Waals surface area contributed by atoms with Crippen molar-refractivity contribution in [2.24, 2.45) is 0 Å². The molecule has 0 bridgehead atoms. The molecule has 0 saturated carbocycles. The molecule has 27 heavy (non-hydrogen) atoms. The zero-order valence-electron chi connectivity index (χ0n) is 15.9. The molecule has 0 atom stereocenters. The van der Waals surface area contributed by atoms with E-state index in [0.717, 1.165) is 50.4 Å². The minimum atomic E-state index is -0.109. The van der Waals surface area contributed by atoms with E-state index in [1.807, 2.05) is 47.4 Å². The molecule has 0 radical (unpaired) electrons. The van der Waals surface area contributed by atoms with Crippen LogP contribution in [0, 0.1) is 0 Å². The maximum Gasteiger partial charge on any atom is 0.255 e. The lowest BCUT2D eigenvalue weighted by atomic mass is 10.2. The van der Waals surface area contributed by atoms with Crippen LogP contribution in [0.2, 0.25) is 0 Å². The molecule has 0 aliphatic carbocycles. The molecular formula is C22H27N3O2. The van der Waals surface area contributed by atoms with Crippen LogP contribution in [0.3, 0.4) is 0 Å². The van der Waals surface area contributed by atoms with E-state index in [4.69, 9.17) is 0 Å². The zero-order chi connectivity index (χ0) is 19.1. The number of anilines is 2. The summed E-state index contributed by atoms with van der Waals surface area (Å²) in [6, 6.07) is 17.1. The van der Waals surface area contributed by atoms with Crippen LogP contribution in [0.4, 0.5) is 11.4 Å². The van der Waals surface area contributed by atoms with E-state index in [0.29, 0.717) is 12.0 Å². The number of amides is 2. The Labute approximate surface area is 161 Å². The van der Waals surface area contributed by atoms with Crippen LogP contribution in [0.5, 0.6) is 0 Å². The number of unbranched alkanes of at least 4 members (excludes halogenated alkanes) is 1. The molecule has 2 aromatic rings. The Hall–Kier alpha value is -2.82. The van der Waals surface area contributed by atoms with Crippen LogP contribution in [0.15, 0.2) is 54.6 Å². The minimum Gasteiger partial charge on any atom is -0.368 e. The number of hydrogen-bond acceptors (Lipinski definition) is 3. The first kappa shape index (κ1) is 19.0. The molecule has 3 rings (SSSR count). The molecule has 1 fully saturated rings. The first-order valence-electron chi connectivity index (χ1n) is 9.66. The van der Waals surface area contributed by atoms with Crippen LogP contribution in [0.25, 0.3) is 0 Å². The Morgan fingerprint density at radius 1 is 0.926 bits per heavy atom. The van der Waals surface area contributed by atoms with Gasteiger partial charge in [-0.3, -0.25) is 9.59 Å². The van der Waals surface area contributed by atoms with Gasteiger partial charge in [0.1, 0.15) is 0 Å². The topological polar surface area (TPSA) is 52.7 Å². The fraction of sp³-hybridized carbons (Fsp3) is 0.364. The highest BCUT2D eigenvalue weighted by atomic mass is 16.2. The smallest absolute Gasteiger partial charge is 0.255 e. The Morgan fingerprint density at radius 2 is 1.59 bits per heavy atom. The molecule has 2 aromatic carbocycles. The summed E-state index contributed by atoms with van der Waals surface area (Å²) in [5.74, 6) is 0.165. The second-order valence-corrected chi connectivity index (χ2v) is 6.84. The quantitative estimate of drug-likeness (QED) is 0.848. The number of nitrogens with one attached hydrogen (secondary N) is 1. The van der Waals surface area contributed by atoms with Gasteiger partial charge in [0, 0.05) is 49.5 Å². The molecule has 2 amide bonds. The number of piperazine rings is 1. The summed E-state index contributed by atoms with van der Waals surface area (Å²) >= 11 is 0. The van der Waals surface area contributed by atoms with Gasteiger partial charge in [0.25, 0.3) is 5.91 Å². The van der Waals surface area contributed by atoms with E-state index >= 15 is 0 Å². The van der Waals surface area contributed by atoms with Crippen LogP contribution in [-0.2, 0) is 4.79 Å². The monoisotopic (exact) mass is 365 g/mol. The number of rotatable bonds is 6. The summed E-state index contributed by atoms with van der Waals surface area (Å²) in [4.78, 5) is 28.6. The van der Waals surface area contributed by atoms with Gasteiger partial charge in [-0.1, -0.05) is 31.5 Å². The lowest BCUT2D eigenvalue weighted by Crippen LogP contribution is -2.48. The van der Waals surface area contributed by atoms with Crippen molar-refractivity contribution in [3.05, 3.63) is 60.2 Å². The molecule has 5 nitrogen and oxygen atoms in total. The van der Waals surface area contributed by atoms with Gasteiger partial charge in [0.05, 0.1) is 0 Å². The van der Waals surface area contributed by atoms with Crippen LogP contribution in [0.1, 0.15) is 36.5 Å². The maximum atomic E-state index is 12.2. The second-order valence-electron chi connectivity index (χ2n) is 6.84. The molecule has 0 unspecified atom stereocenters. The molecule has 0 aromatic heterocycles. The standard InChI is InChI=1S/C22H27N3O2/c1-2-3-9-21(26)25-16-14-24(15-17-25)20-12-10-19(11-13-20)23-22(27)18-7-5-4-6-8-18/h4-8,10-13H,2-3,9,14-17H2,1H3,(H,23,27). The van der Waals surface area contributed by atoms with Gasteiger partial charge in [0.2, 0.25) is 5.91 Å². The highest BCUT2D eigenvalue weighted by Gasteiger charge is 2.20. The maximum absolute atomic E-state index is 12.2. The summed E-state index contributed by atoms with van der Waals surface area (Å²) in [6.45, 7) is 5.34. The van der Waals surface area contributed by atoms with Gasteiger partial charge in [0.15, 0.2) is 0 Å². The van der Waals surface area contributed by atoms with Crippen molar-refractivity contribution in [1.29, 1.82) is 0 Å². The SMILES string of the molecule is CCCCC(=O)N1CCN(c2ccc(NC(=O)c3ccccc3)cc2)CC1. The van der Waals surface area contributed by atoms with Crippen molar-refractivity contribution in [3.8, 4) is 0 Å². The van der Waals surface area contributed by atoms with Crippen molar-refractivity contribution < 1.29 is 9.59 Å². The van der Waals surface area contributed by atoms with Gasteiger partial charge in [-0.15, -0.1) is 0 Å². The third kappa shape index (κ3) is 5.09. The summed E-state index contributed by atoms with van der Waals surface area (Å²) in [5, 5.41) is 2.92. The summed E-state index contributed by atoms with van der Waals surface area (Å²) in [6.07, 6.45) is 2.68. The van der Waals surface area contributed by atoms with Crippen molar-refractivity contribution in [2.45, 2.75) is 26.2 Å². The number of carbonyl (C=O) groups excluding carboxylic acids is 2. The minimum absolute atomic E-state index is 0.109. The van der Waals surface area contributed by atoms with Crippen molar-refractivity contribution in [2.75, 3.05) is 36.4 Å². The highest BCUT2D eigenvalue weighted by Crippen LogP contribution is 2.20. The molecule has 1 heterocycles. The molecule has 1 saturated heterocycles. The first-order valence-corrected chi connectivity index (χ1v) is 9.66. The van der Waals surface area contributed by atoms with E-state index < -0.39 is 0 Å². The van der Waals surface area contributed by atoms with E-state index in [1.165, 1.54) is 0 Å². The van der Waals surface area contributed by atoms with E-state index in [-0.39, 0.29) is 11.8 Å². The predicted molar refractivity (Wildman–Crippen MR) is 109 cm³/mol.